The predicted molar refractivity (Wildman–Crippen MR) is 62.5 cm³/mol. The zero-order valence-electron chi connectivity index (χ0n) is 9.17. The minimum atomic E-state index is -0.0838. The van der Waals surface area contributed by atoms with E-state index in [2.05, 4.69) is 12.2 Å². The molecule has 1 rings (SSSR count). The highest BCUT2D eigenvalue weighted by Crippen LogP contribution is 2.22. The Kier molecular flexibility index (Phi) is 4.78. The molecular weight excluding hydrogens is 210 g/mol. The number of aliphatic hydroxyl groups is 1. The standard InChI is InChI=1S/C11H17NO2S/c1-3-4-9-7-10(15-8(9)2)11(14)12-5-6-13/h7,13H,3-6H2,1-2H3,(H,12,14). The lowest BCUT2D eigenvalue weighted by atomic mass is 10.1. The number of thiophene rings is 1. The molecule has 0 saturated heterocycles. The van der Waals surface area contributed by atoms with Crippen LogP contribution in [0.2, 0.25) is 0 Å². The van der Waals surface area contributed by atoms with E-state index in [4.69, 9.17) is 5.11 Å². The van der Waals surface area contributed by atoms with E-state index in [-0.39, 0.29) is 12.5 Å². The molecule has 0 radical (unpaired) electrons. The minimum Gasteiger partial charge on any atom is -0.395 e. The lowest BCUT2D eigenvalue weighted by Crippen LogP contribution is -2.25. The van der Waals surface area contributed by atoms with Gasteiger partial charge >= 0.3 is 0 Å². The monoisotopic (exact) mass is 227 g/mol. The summed E-state index contributed by atoms with van der Waals surface area (Å²) in [6, 6.07) is 1.95. The highest BCUT2D eigenvalue weighted by Gasteiger charge is 2.10. The first kappa shape index (κ1) is 12.2. The Morgan fingerprint density at radius 3 is 2.93 bits per heavy atom. The van der Waals surface area contributed by atoms with Gasteiger partial charge in [-0.25, -0.2) is 0 Å². The first-order valence-corrected chi connectivity index (χ1v) is 5.99. The Bertz CT molecular complexity index is 333. The molecule has 0 spiro atoms. The van der Waals surface area contributed by atoms with Crippen LogP contribution in [0.1, 0.15) is 33.5 Å². The number of aliphatic hydroxyl groups excluding tert-OH is 1. The highest BCUT2D eigenvalue weighted by molar-refractivity contribution is 7.14. The average Bonchev–Trinajstić information content (AvgIpc) is 2.58. The average molecular weight is 227 g/mol. The van der Waals surface area contributed by atoms with Gasteiger partial charge < -0.3 is 10.4 Å². The van der Waals surface area contributed by atoms with Crippen molar-refractivity contribution in [2.75, 3.05) is 13.2 Å². The van der Waals surface area contributed by atoms with Crippen LogP contribution in [0.15, 0.2) is 6.07 Å². The van der Waals surface area contributed by atoms with E-state index in [9.17, 15) is 4.79 Å². The molecule has 84 valence electrons. The fourth-order valence-electron chi connectivity index (χ4n) is 1.41. The van der Waals surface area contributed by atoms with Gasteiger partial charge in [0.15, 0.2) is 0 Å². The maximum atomic E-state index is 11.6. The Morgan fingerprint density at radius 2 is 2.33 bits per heavy atom. The van der Waals surface area contributed by atoms with Crippen LogP contribution in [0.3, 0.4) is 0 Å². The first-order chi connectivity index (χ1) is 7.19. The van der Waals surface area contributed by atoms with Crippen molar-refractivity contribution in [1.29, 1.82) is 0 Å². The fraction of sp³-hybridized carbons (Fsp3) is 0.545. The van der Waals surface area contributed by atoms with Gasteiger partial charge in [-0.1, -0.05) is 13.3 Å². The smallest absolute Gasteiger partial charge is 0.261 e. The van der Waals surface area contributed by atoms with Gasteiger partial charge in [-0.15, -0.1) is 11.3 Å². The summed E-state index contributed by atoms with van der Waals surface area (Å²) in [5.41, 5.74) is 1.26. The normalized spacial score (nSPS) is 10.3. The lowest BCUT2D eigenvalue weighted by Gasteiger charge is -1.98. The molecular formula is C11H17NO2S. The molecule has 1 aromatic rings. The van der Waals surface area contributed by atoms with Crippen LogP contribution >= 0.6 is 11.3 Å². The summed E-state index contributed by atoms with van der Waals surface area (Å²) >= 11 is 1.52. The van der Waals surface area contributed by atoms with Crippen LogP contribution in [0.5, 0.6) is 0 Å². The topological polar surface area (TPSA) is 49.3 Å². The summed E-state index contributed by atoms with van der Waals surface area (Å²) < 4.78 is 0. The first-order valence-electron chi connectivity index (χ1n) is 5.17. The van der Waals surface area contributed by atoms with E-state index >= 15 is 0 Å². The van der Waals surface area contributed by atoms with Crippen molar-refractivity contribution in [2.24, 2.45) is 0 Å². The van der Waals surface area contributed by atoms with Crippen LogP contribution in [0.4, 0.5) is 0 Å². The third kappa shape index (κ3) is 3.32. The molecule has 0 aliphatic heterocycles. The van der Waals surface area contributed by atoms with Gasteiger partial charge in [0.1, 0.15) is 0 Å². The second kappa shape index (κ2) is 5.88. The summed E-state index contributed by atoms with van der Waals surface area (Å²) in [5.74, 6) is -0.0838. The molecule has 4 heteroatoms. The Labute approximate surface area is 94.1 Å². The van der Waals surface area contributed by atoms with Crippen molar-refractivity contribution in [3.05, 3.63) is 21.4 Å². The molecule has 0 bridgehead atoms. The number of carbonyl (C=O) groups excluding carboxylic acids is 1. The number of carbonyl (C=O) groups is 1. The van der Waals surface area contributed by atoms with Crippen LogP contribution in [-0.4, -0.2) is 24.2 Å². The van der Waals surface area contributed by atoms with Gasteiger partial charge in [0.25, 0.3) is 5.91 Å². The molecule has 0 aliphatic rings. The molecule has 2 N–H and O–H groups in total. The molecule has 1 aromatic heterocycles. The Balaban J connectivity index is 2.69. The van der Waals surface area contributed by atoms with E-state index in [0.29, 0.717) is 6.54 Å². The van der Waals surface area contributed by atoms with E-state index in [0.717, 1.165) is 17.7 Å². The van der Waals surface area contributed by atoms with Crippen LogP contribution < -0.4 is 5.32 Å². The van der Waals surface area contributed by atoms with Gasteiger partial charge in [-0.05, 0) is 25.0 Å². The van der Waals surface area contributed by atoms with Gasteiger partial charge in [0.2, 0.25) is 0 Å². The van der Waals surface area contributed by atoms with E-state index in [1.165, 1.54) is 21.8 Å². The van der Waals surface area contributed by atoms with Gasteiger partial charge in [0, 0.05) is 11.4 Å². The van der Waals surface area contributed by atoms with Crippen molar-refractivity contribution in [2.45, 2.75) is 26.7 Å². The zero-order chi connectivity index (χ0) is 11.3. The maximum Gasteiger partial charge on any atom is 0.261 e. The minimum absolute atomic E-state index is 0.0160. The van der Waals surface area contributed by atoms with Crippen molar-refractivity contribution >= 4 is 17.2 Å². The Morgan fingerprint density at radius 1 is 1.60 bits per heavy atom. The molecule has 1 heterocycles. The molecule has 0 atom stereocenters. The van der Waals surface area contributed by atoms with E-state index in [1.54, 1.807) is 0 Å². The van der Waals surface area contributed by atoms with Crippen molar-refractivity contribution in [1.82, 2.24) is 5.32 Å². The third-order valence-corrected chi connectivity index (χ3v) is 3.25. The maximum absolute atomic E-state index is 11.6. The molecule has 0 aliphatic carbocycles. The van der Waals surface area contributed by atoms with E-state index in [1.807, 2.05) is 13.0 Å². The highest BCUT2D eigenvalue weighted by atomic mass is 32.1. The number of amides is 1. The third-order valence-electron chi connectivity index (χ3n) is 2.16. The molecule has 1 amide bonds. The number of nitrogens with one attached hydrogen (secondary N) is 1. The second-order valence-electron chi connectivity index (χ2n) is 3.42. The number of hydrogen-bond donors (Lipinski definition) is 2. The van der Waals surface area contributed by atoms with Crippen molar-refractivity contribution in [3.8, 4) is 0 Å². The zero-order valence-corrected chi connectivity index (χ0v) is 9.99. The number of rotatable bonds is 5. The quantitative estimate of drug-likeness (QED) is 0.805. The number of hydrogen-bond acceptors (Lipinski definition) is 3. The number of aryl methyl sites for hydroxylation is 2. The van der Waals surface area contributed by atoms with Crippen LogP contribution in [0.25, 0.3) is 0 Å². The van der Waals surface area contributed by atoms with Crippen LogP contribution in [-0.2, 0) is 6.42 Å². The molecule has 3 nitrogen and oxygen atoms in total. The van der Waals surface area contributed by atoms with Crippen molar-refractivity contribution < 1.29 is 9.90 Å². The summed E-state index contributed by atoms with van der Waals surface area (Å²) in [7, 11) is 0. The summed E-state index contributed by atoms with van der Waals surface area (Å²) in [6.45, 7) is 4.47. The molecule has 0 aromatic carbocycles. The molecule has 0 saturated carbocycles. The summed E-state index contributed by atoms with van der Waals surface area (Å²) in [5, 5.41) is 11.2. The molecule has 15 heavy (non-hydrogen) atoms. The predicted octanol–water partition coefficient (Wildman–Crippen LogP) is 1.73. The Hall–Kier alpha value is -0.870. The fourth-order valence-corrected chi connectivity index (χ4v) is 2.39. The van der Waals surface area contributed by atoms with Gasteiger partial charge in [0.05, 0.1) is 11.5 Å². The summed E-state index contributed by atoms with van der Waals surface area (Å²) in [4.78, 5) is 13.5. The molecule has 0 unspecified atom stereocenters. The van der Waals surface area contributed by atoms with Gasteiger partial charge in [-0.2, -0.15) is 0 Å². The molecule has 0 fully saturated rings. The van der Waals surface area contributed by atoms with Crippen molar-refractivity contribution in [3.63, 3.8) is 0 Å². The SMILES string of the molecule is CCCc1cc(C(=O)NCCO)sc1C. The lowest BCUT2D eigenvalue weighted by molar-refractivity contribution is 0.0949. The largest absolute Gasteiger partial charge is 0.395 e. The van der Waals surface area contributed by atoms with Crippen LogP contribution in [0, 0.1) is 6.92 Å². The van der Waals surface area contributed by atoms with Gasteiger partial charge in [-0.3, -0.25) is 4.79 Å². The van der Waals surface area contributed by atoms with E-state index < -0.39 is 0 Å². The summed E-state index contributed by atoms with van der Waals surface area (Å²) in [6.07, 6.45) is 2.12. The second-order valence-corrected chi connectivity index (χ2v) is 4.68.